The van der Waals surface area contributed by atoms with Crippen LogP contribution in [-0.2, 0) is 0 Å². The van der Waals surface area contributed by atoms with Gasteiger partial charge in [0.25, 0.3) is 5.91 Å². The van der Waals surface area contributed by atoms with Crippen molar-refractivity contribution in [1.82, 2.24) is 10.3 Å². The SMILES string of the molecule is Cc1cccc(C(=O)Nc2nonc2-c2ccc(Br)cc2)c1. The molecule has 0 bridgehead atoms. The maximum absolute atomic E-state index is 12.3. The Hall–Kier alpha value is -2.47. The van der Waals surface area contributed by atoms with E-state index in [-0.39, 0.29) is 5.91 Å². The minimum Gasteiger partial charge on any atom is -0.302 e. The summed E-state index contributed by atoms with van der Waals surface area (Å²) in [4.78, 5) is 12.3. The quantitative estimate of drug-likeness (QED) is 0.767. The predicted molar refractivity (Wildman–Crippen MR) is 86.6 cm³/mol. The molecule has 5 nitrogen and oxygen atoms in total. The summed E-state index contributed by atoms with van der Waals surface area (Å²) < 4.78 is 5.72. The summed E-state index contributed by atoms with van der Waals surface area (Å²) in [5, 5.41) is 10.4. The molecule has 3 aromatic rings. The van der Waals surface area contributed by atoms with Crippen LogP contribution in [0.1, 0.15) is 15.9 Å². The second-order valence-corrected chi connectivity index (χ2v) is 5.71. The molecule has 0 aliphatic heterocycles. The lowest BCUT2D eigenvalue weighted by molar-refractivity contribution is 0.102. The first-order chi connectivity index (χ1) is 10.6. The Morgan fingerprint density at radius 1 is 1.14 bits per heavy atom. The van der Waals surface area contributed by atoms with E-state index in [0.29, 0.717) is 17.1 Å². The fourth-order valence-electron chi connectivity index (χ4n) is 2.03. The molecule has 110 valence electrons. The van der Waals surface area contributed by atoms with Crippen LogP contribution in [0.15, 0.2) is 57.6 Å². The molecule has 22 heavy (non-hydrogen) atoms. The predicted octanol–water partition coefficient (Wildman–Crippen LogP) is 4.06. The van der Waals surface area contributed by atoms with Gasteiger partial charge in [0, 0.05) is 15.6 Å². The Balaban J connectivity index is 1.86. The molecule has 1 N–H and O–H groups in total. The van der Waals surface area contributed by atoms with Crippen LogP contribution >= 0.6 is 15.9 Å². The lowest BCUT2D eigenvalue weighted by atomic mass is 10.1. The van der Waals surface area contributed by atoms with Crippen molar-refractivity contribution in [2.24, 2.45) is 0 Å². The van der Waals surface area contributed by atoms with Gasteiger partial charge in [0.05, 0.1) is 0 Å². The second-order valence-electron chi connectivity index (χ2n) is 4.79. The van der Waals surface area contributed by atoms with E-state index in [1.54, 1.807) is 6.07 Å². The van der Waals surface area contributed by atoms with E-state index >= 15 is 0 Å². The second kappa shape index (κ2) is 6.11. The third kappa shape index (κ3) is 3.07. The van der Waals surface area contributed by atoms with E-state index in [0.717, 1.165) is 15.6 Å². The Labute approximate surface area is 135 Å². The molecular formula is C16H12BrN3O2. The number of carbonyl (C=O) groups excluding carboxylic acids is 1. The molecule has 6 heteroatoms. The van der Waals surface area contributed by atoms with Gasteiger partial charge in [-0.05, 0) is 41.5 Å². The zero-order valence-corrected chi connectivity index (χ0v) is 13.3. The zero-order valence-electron chi connectivity index (χ0n) is 11.7. The molecule has 0 radical (unpaired) electrons. The van der Waals surface area contributed by atoms with Crippen LogP contribution in [0, 0.1) is 6.92 Å². The van der Waals surface area contributed by atoms with Gasteiger partial charge in [-0.1, -0.05) is 45.8 Å². The van der Waals surface area contributed by atoms with Crippen LogP contribution in [0.5, 0.6) is 0 Å². The number of nitrogens with one attached hydrogen (secondary N) is 1. The molecule has 0 saturated heterocycles. The molecular weight excluding hydrogens is 346 g/mol. The van der Waals surface area contributed by atoms with Crippen LogP contribution in [0.3, 0.4) is 0 Å². The van der Waals surface area contributed by atoms with Crippen molar-refractivity contribution in [2.75, 3.05) is 5.32 Å². The van der Waals surface area contributed by atoms with E-state index in [2.05, 4.69) is 31.6 Å². The Morgan fingerprint density at radius 2 is 1.91 bits per heavy atom. The Kier molecular flexibility index (Phi) is 4.02. The lowest BCUT2D eigenvalue weighted by Crippen LogP contribution is -2.12. The molecule has 1 heterocycles. The first-order valence-electron chi connectivity index (χ1n) is 6.60. The van der Waals surface area contributed by atoms with Crippen LogP contribution in [0.4, 0.5) is 5.82 Å². The van der Waals surface area contributed by atoms with Gasteiger partial charge in [0.15, 0.2) is 5.69 Å². The Bertz CT molecular complexity index is 812. The zero-order chi connectivity index (χ0) is 15.5. The van der Waals surface area contributed by atoms with E-state index < -0.39 is 0 Å². The monoisotopic (exact) mass is 357 g/mol. The van der Waals surface area contributed by atoms with Gasteiger partial charge >= 0.3 is 0 Å². The number of aromatic nitrogens is 2. The number of carbonyl (C=O) groups is 1. The van der Waals surface area contributed by atoms with Crippen molar-refractivity contribution in [2.45, 2.75) is 6.92 Å². The first kappa shape index (κ1) is 14.5. The van der Waals surface area contributed by atoms with Gasteiger partial charge in [-0.25, -0.2) is 4.63 Å². The standard InChI is InChI=1S/C16H12BrN3O2/c1-10-3-2-4-12(9-10)16(21)18-15-14(19-22-20-15)11-5-7-13(17)8-6-11/h2-9H,1H3,(H,18,20,21). The minimum absolute atomic E-state index is 0.252. The molecule has 1 amide bonds. The molecule has 1 aromatic heterocycles. The van der Waals surface area contributed by atoms with Gasteiger partial charge in [-0.2, -0.15) is 0 Å². The number of benzene rings is 2. The third-order valence-electron chi connectivity index (χ3n) is 3.12. The van der Waals surface area contributed by atoms with E-state index in [9.17, 15) is 4.79 Å². The first-order valence-corrected chi connectivity index (χ1v) is 7.39. The normalized spacial score (nSPS) is 10.5. The number of halogens is 1. The summed E-state index contributed by atoms with van der Waals surface area (Å²) in [6.07, 6.45) is 0. The molecule has 0 unspecified atom stereocenters. The van der Waals surface area contributed by atoms with Crippen LogP contribution in [-0.4, -0.2) is 16.2 Å². The number of aryl methyl sites for hydroxylation is 1. The van der Waals surface area contributed by atoms with E-state index in [1.165, 1.54) is 0 Å². The van der Waals surface area contributed by atoms with Crippen LogP contribution < -0.4 is 5.32 Å². The lowest BCUT2D eigenvalue weighted by Gasteiger charge is -2.04. The highest BCUT2D eigenvalue weighted by Crippen LogP contribution is 2.26. The number of nitrogens with zero attached hydrogens (tertiary/aromatic N) is 2. The van der Waals surface area contributed by atoms with Crippen molar-refractivity contribution in [3.8, 4) is 11.3 Å². The maximum Gasteiger partial charge on any atom is 0.256 e. The average molecular weight is 358 g/mol. The van der Waals surface area contributed by atoms with Crippen molar-refractivity contribution >= 4 is 27.7 Å². The van der Waals surface area contributed by atoms with Gasteiger partial charge in [0.1, 0.15) is 0 Å². The molecule has 0 aliphatic carbocycles. The average Bonchev–Trinajstić information content (AvgIpc) is 2.96. The fraction of sp³-hybridized carbons (Fsp3) is 0.0625. The number of rotatable bonds is 3. The van der Waals surface area contributed by atoms with E-state index in [1.807, 2.05) is 49.4 Å². The summed E-state index contributed by atoms with van der Waals surface area (Å²) in [6.45, 7) is 1.93. The minimum atomic E-state index is -0.252. The maximum atomic E-state index is 12.3. The van der Waals surface area contributed by atoms with E-state index in [4.69, 9.17) is 4.63 Å². The van der Waals surface area contributed by atoms with Crippen LogP contribution in [0.25, 0.3) is 11.3 Å². The fourth-order valence-corrected chi connectivity index (χ4v) is 2.30. The number of anilines is 1. The van der Waals surface area contributed by atoms with Gasteiger partial charge in [-0.3, -0.25) is 4.79 Å². The molecule has 0 spiro atoms. The molecule has 3 rings (SSSR count). The molecule has 0 saturated carbocycles. The van der Waals surface area contributed by atoms with Crippen LogP contribution in [0.2, 0.25) is 0 Å². The number of amides is 1. The largest absolute Gasteiger partial charge is 0.302 e. The van der Waals surface area contributed by atoms with Crippen molar-refractivity contribution in [1.29, 1.82) is 0 Å². The van der Waals surface area contributed by atoms with Crippen molar-refractivity contribution in [3.63, 3.8) is 0 Å². The molecule has 0 aliphatic rings. The highest BCUT2D eigenvalue weighted by Gasteiger charge is 2.16. The summed E-state index contributed by atoms with van der Waals surface area (Å²) >= 11 is 3.38. The molecule has 0 fully saturated rings. The van der Waals surface area contributed by atoms with Gasteiger partial charge < -0.3 is 5.32 Å². The highest BCUT2D eigenvalue weighted by molar-refractivity contribution is 9.10. The molecule has 0 atom stereocenters. The smallest absolute Gasteiger partial charge is 0.256 e. The van der Waals surface area contributed by atoms with Gasteiger partial charge in [-0.15, -0.1) is 0 Å². The van der Waals surface area contributed by atoms with Crippen molar-refractivity contribution < 1.29 is 9.42 Å². The third-order valence-corrected chi connectivity index (χ3v) is 3.65. The summed E-state index contributed by atoms with van der Waals surface area (Å²) in [6, 6.07) is 14.8. The summed E-state index contributed by atoms with van der Waals surface area (Å²) in [5.74, 6) is 0.0478. The number of hydrogen-bond acceptors (Lipinski definition) is 4. The Morgan fingerprint density at radius 3 is 2.64 bits per heavy atom. The highest BCUT2D eigenvalue weighted by atomic mass is 79.9. The molecule has 2 aromatic carbocycles. The number of hydrogen-bond donors (Lipinski definition) is 1. The van der Waals surface area contributed by atoms with Crippen molar-refractivity contribution in [3.05, 3.63) is 64.1 Å². The summed E-state index contributed by atoms with van der Waals surface area (Å²) in [7, 11) is 0. The topological polar surface area (TPSA) is 68.0 Å². The summed E-state index contributed by atoms with van der Waals surface area (Å²) in [5.41, 5.74) is 2.88. The van der Waals surface area contributed by atoms with Gasteiger partial charge in [0.2, 0.25) is 5.82 Å².